The highest BCUT2D eigenvalue weighted by Gasteiger charge is 2.22. The Hall–Kier alpha value is -4.35. The average molecular weight is 549 g/mol. The van der Waals surface area contributed by atoms with Gasteiger partial charge in [0.25, 0.3) is 11.8 Å². The third kappa shape index (κ3) is 6.75. The summed E-state index contributed by atoms with van der Waals surface area (Å²) in [6.07, 6.45) is 0.0787. The van der Waals surface area contributed by atoms with E-state index in [1.165, 1.54) is 24.3 Å². The minimum absolute atomic E-state index is 0.0316. The molecule has 0 radical (unpaired) electrons. The van der Waals surface area contributed by atoms with Crippen LogP contribution in [0.2, 0.25) is 0 Å². The lowest BCUT2D eigenvalue weighted by atomic mass is 9.86. The molecule has 10 nitrogen and oxygen atoms in total. The monoisotopic (exact) mass is 548 g/mol. The van der Waals surface area contributed by atoms with Gasteiger partial charge in [-0.1, -0.05) is 62.3 Å². The predicted molar refractivity (Wildman–Crippen MR) is 144 cm³/mol. The minimum Gasteiger partial charge on any atom is -0.480 e. The van der Waals surface area contributed by atoms with Crippen molar-refractivity contribution in [1.29, 1.82) is 0 Å². The summed E-state index contributed by atoms with van der Waals surface area (Å²) >= 11 is 0. The van der Waals surface area contributed by atoms with E-state index in [2.05, 4.69) is 36.2 Å². The van der Waals surface area contributed by atoms with Crippen LogP contribution in [-0.2, 0) is 26.7 Å². The van der Waals surface area contributed by atoms with Crippen LogP contribution in [0.5, 0.6) is 0 Å². The highest BCUT2D eigenvalue weighted by atomic mass is 32.2. The number of amides is 1. The van der Waals surface area contributed by atoms with Gasteiger partial charge in [0.2, 0.25) is 15.8 Å². The van der Waals surface area contributed by atoms with Gasteiger partial charge in [-0.25, -0.2) is 18.4 Å². The van der Waals surface area contributed by atoms with E-state index in [9.17, 15) is 23.1 Å². The van der Waals surface area contributed by atoms with Crippen LogP contribution in [0, 0.1) is 0 Å². The Labute approximate surface area is 225 Å². The van der Waals surface area contributed by atoms with Crippen molar-refractivity contribution in [2.24, 2.45) is 5.14 Å². The Kier molecular flexibility index (Phi) is 7.66. The highest BCUT2D eigenvalue weighted by Crippen LogP contribution is 2.24. The van der Waals surface area contributed by atoms with Gasteiger partial charge in [0.1, 0.15) is 6.04 Å². The van der Waals surface area contributed by atoms with Crippen molar-refractivity contribution >= 4 is 21.9 Å². The lowest BCUT2D eigenvalue weighted by Gasteiger charge is -2.19. The molecule has 0 saturated heterocycles. The third-order valence-electron chi connectivity index (χ3n) is 6.12. The van der Waals surface area contributed by atoms with Gasteiger partial charge in [0.15, 0.2) is 0 Å². The van der Waals surface area contributed by atoms with Gasteiger partial charge in [-0.2, -0.15) is 4.98 Å². The zero-order chi connectivity index (χ0) is 28.4. The van der Waals surface area contributed by atoms with Crippen molar-refractivity contribution in [3.05, 3.63) is 89.5 Å². The Bertz CT molecular complexity index is 1590. The van der Waals surface area contributed by atoms with Crippen LogP contribution in [0.15, 0.2) is 82.2 Å². The first kappa shape index (κ1) is 27.7. The van der Waals surface area contributed by atoms with Crippen molar-refractivity contribution in [2.75, 3.05) is 0 Å². The number of nitrogens with zero attached hydrogens (tertiary/aromatic N) is 2. The first-order chi connectivity index (χ1) is 18.3. The predicted octanol–water partition coefficient (Wildman–Crippen LogP) is 3.77. The molecule has 1 atom stereocenters. The molecular formula is C28H28N4O6S. The van der Waals surface area contributed by atoms with Crippen LogP contribution in [0.1, 0.15) is 42.3 Å². The molecule has 4 aromatic rings. The van der Waals surface area contributed by atoms with E-state index in [1.807, 2.05) is 12.1 Å². The number of sulfonamides is 1. The normalized spacial score (nSPS) is 12.6. The summed E-state index contributed by atoms with van der Waals surface area (Å²) in [5, 5.41) is 21.4. The third-order valence-corrected chi connectivity index (χ3v) is 7.05. The van der Waals surface area contributed by atoms with Gasteiger partial charge >= 0.3 is 5.97 Å². The van der Waals surface area contributed by atoms with Crippen LogP contribution in [0.4, 0.5) is 0 Å². The van der Waals surface area contributed by atoms with Crippen molar-refractivity contribution in [1.82, 2.24) is 15.5 Å². The maximum Gasteiger partial charge on any atom is 0.326 e. The van der Waals surface area contributed by atoms with Gasteiger partial charge < -0.3 is 14.9 Å². The van der Waals surface area contributed by atoms with Crippen molar-refractivity contribution in [3.8, 4) is 22.8 Å². The Morgan fingerprint density at radius 3 is 2.08 bits per heavy atom. The van der Waals surface area contributed by atoms with Gasteiger partial charge in [-0.3, -0.25) is 4.79 Å². The number of rotatable bonds is 8. The number of primary sulfonamides is 1. The average Bonchev–Trinajstić information content (AvgIpc) is 3.38. The summed E-state index contributed by atoms with van der Waals surface area (Å²) in [5.74, 6) is -1.11. The fraction of sp³-hybridized carbons (Fsp3) is 0.214. The number of nitrogens with two attached hydrogens (primary N) is 1. The molecule has 1 aromatic heterocycles. The molecule has 1 amide bonds. The van der Waals surface area contributed by atoms with E-state index >= 15 is 0 Å². The Balaban J connectivity index is 1.43. The van der Waals surface area contributed by atoms with Crippen molar-refractivity contribution in [3.63, 3.8) is 0 Å². The number of hydrogen-bond acceptors (Lipinski definition) is 7. The second-order valence-corrected chi connectivity index (χ2v) is 11.6. The summed E-state index contributed by atoms with van der Waals surface area (Å²) in [4.78, 5) is 28.9. The van der Waals surface area contributed by atoms with Gasteiger partial charge in [-0.15, -0.1) is 0 Å². The van der Waals surface area contributed by atoms with E-state index < -0.39 is 27.9 Å². The van der Waals surface area contributed by atoms with Crippen LogP contribution >= 0.6 is 0 Å². The number of aliphatic carboxylic acids is 1. The molecule has 0 bridgehead atoms. The van der Waals surface area contributed by atoms with Crippen LogP contribution in [0.25, 0.3) is 22.8 Å². The number of carboxylic acids is 1. The molecular weight excluding hydrogens is 520 g/mol. The molecule has 0 saturated carbocycles. The highest BCUT2D eigenvalue weighted by molar-refractivity contribution is 7.89. The number of nitrogens with one attached hydrogen (secondary N) is 1. The number of carboxylic acid groups (broad SMARTS) is 1. The Morgan fingerprint density at radius 2 is 1.54 bits per heavy atom. The van der Waals surface area contributed by atoms with Crippen LogP contribution < -0.4 is 10.5 Å². The maximum atomic E-state index is 12.7. The van der Waals surface area contributed by atoms with Crippen molar-refractivity contribution in [2.45, 2.75) is 43.5 Å². The van der Waals surface area contributed by atoms with E-state index in [1.54, 1.807) is 36.4 Å². The first-order valence-corrected chi connectivity index (χ1v) is 13.6. The summed E-state index contributed by atoms with van der Waals surface area (Å²) in [5.41, 5.74) is 3.24. The molecule has 0 aliphatic rings. The second kappa shape index (κ2) is 10.8. The van der Waals surface area contributed by atoms with Gasteiger partial charge in [0.05, 0.1) is 4.90 Å². The SMILES string of the molecule is CC(C)(C)c1ccc(C(=O)NC(Cc2ccc(-c3noc(-c4ccc(S(N)(=O)=O)cc4)n3)cc2)C(=O)O)cc1. The second-order valence-electron chi connectivity index (χ2n) is 10.1. The zero-order valence-corrected chi connectivity index (χ0v) is 22.4. The molecule has 202 valence electrons. The fourth-order valence-electron chi connectivity index (χ4n) is 3.83. The summed E-state index contributed by atoms with van der Waals surface area (Å²) < 4.78 is 28.2. The topological polar surface area (TPSA) is 165 Å². The summed E-state index contributed by atoms with van der Waals surface area (Å²) in [7, 11) is -3.81. The quantitative estimate of drug-likeness (QED) is 0.299. The van der Waals surface area contributed by atoms with E-state index in [0.717, 1.165) is 5.56 Å². The lowest BCUT2D eigenvalue weighted by molar-refractivity contribution is -0.139. The van der Waals surface area contributed by atoms with Gasteiger partial charge in [0, 0.05) is 23.1 Å². The maximum absolute atomic E-state index is 12.7. The number of hydrogen-bond donors (Lipinski definition) is 3. The first-order valence-electron chi connectivity index (χ1n) is 12.0. The molecule has 0 aliphatic heterocycles. The smallest absolute Gasteiger partial charge is 0.326 e. The minimum atomic E-state index is -3.81. The molecule has 0 spiro atoms. The van der Waals surface area contributed by atoms with E-state index in [-0.39, 0.29) is 22.6 Å². The number of aromatic nitrogens is 2. The Morgan fingerprint density at radius 1 is 0.949 bits per heavy atom. The summed E-state index contributed by atoms with van der Waals surface area (Å²) in [6.45, 7) is 6.22. The molecule has 0 aliphatic carbocycles. The van der Waals surface area contributed by atoms with Crippen LogP contribution in [-0.4, -0.2) is 41.6 Å². The number of carbonyl (C=O) groups excluding carboxylic acids is 1. The fourth-order valence-corrected chi connectivity index (χ4v) is 4.35. The molecule has 4 rings (SSSR count). The molecule has 3 aromatic carbocycles. The molecule has 1 heterocycles. The van der Waals surface area contributed by atoms with Crippen molar-refractivity contribution < 1.29 is 27.6 Å². The largest absolute Gasteiger partial charge is 0.480 e. The molecule has 11 heteroatoms. The number of benzene rings is 3. The number of carbonyl (C=O) groups is 2. The molecule has 1 unspecified atom stereocenters. The van der Waals surface area contributed by atoms with E-state index in [4.69, 9.17) is 9.66 Å². The van der Waals surface area contributed by atoms with E-state index in [0.29, 0.717) is 28.1 Å². The zero-order valence-electron chi connectivity index (χ0n) is 21.6. The summed E-state index contributed by atoms with van der Waals surface area (Å²) in [6, 6.07) is 18.6. The standard InChI is InChI=1S/C28H28N4O6S/c1-28(2,3)21-12-8-19(9-13-21)25(33)30-23(27(34)35)16-17-4-6-18(7-5-17)24-31-26(38-32-24)20-10-14-22(15-11-20)39(29,36)37/h4-15,23H,16H2,1-3H3,(H,30,33)(H,34,35)(H2,29,36,37). The molecule has 39 heavy (non-hydrogen) atoms. The van der Waals surface area contributed by atoms with Gasteiger partial charge in [-0.05, 0) is 52.9 Å². The molecule has 4 N–H and O–H groups in total. The van der Waals surface area contributed by atoms with Crippen LogP contribution in [0.3, 0.4) is 0 Å². The lowest BCUT2D eigenvalue weighted by Crippen LogP contribution is -2.42. The molecule has 0 fully saturated rings.